The van der Waals surface area contributed by atoms with Crippen LogP contribution >= 0.6 is 12.2 Å². The lowest BCUT2D eigenvalue weighted by Crippen LogP contribution is -2.16. The van der Waals surface area contributed by atoms with E-state index in [2.05, 4.69) is 15.6 Å². The van der Waals surface area contributed by atoms with E-state index in [0.717, 1.165) is 16.7 Å². The minimum Gasteiger partial charge on any atom is -0.496 e. The molecule has 0 atom stereocenters. The molecule has 0 radical (unpaired) electrons. The molecule has 0 spiro atoms. The molecule has 0 saturated heterocycles. The zero-order chi connectivity index (χ0) is 23.0. The quantitative estimate of drug-likeness (QED) is 0.310. The zero-order valence-electron chi connectivity index (χ0n) is 18.6. The molecule has 0 fully saturated rings. The molecule has 3 aromatic carbocycles. The number of para-hydroxylation sites is 1. The fraction of sp³-hybridized carbons (Fsp3) is 0.200. The Morgan fingerprint density at radius 2 is 1.70 bits per heavy atom. The van der Waals surface area contributed by atoms with Gasteiger partial charge in [-0.2, -0.15) is 5.10 Å². The van der Waals surface area contributed by atoms with Crippen LogP contribution in [-0.4, -0.2) is 28.6 Å². The average Bonchev–Trinajstić information content (AvgIpc) is 3.23. The Labute approximate surface area is 197 Å². The second kappa shape index (κ2) is 10.7. The molecule has 33 heavy (non-hydrogen) atoms. The van der Waals surface area contributed by atoms with E-state index in [1.807, 2.05) is 79.7 Å². The first-order valence-corrected chi connectivity index (χ1v) is 11.1. The third kappa shape index (κ3) is 5.35. The van der Waals surface area contributed by atoms with Crippen molar-refractivity contribution in [3.8, 4) is 28.6 Å². The van der Waals surface area contributed by atoms with E-state index in [4.69, 9.17) is 26.4 Å². The standard InChI is InChI=1S/C25H26N4O3S/c1-3-31-23-15-19(13-14-22(23)32-17-18-9-5-4-6-10-18)16-26-29-24(27-28-25(29)33)20-11-7-8-12-21(20)30-2/h4-15,26H,3,16-17H2,1-2H3,(H,28,33). The van der Waals surface area contributed by atoms with E-state index in [1.165, 1.54) is 0 Å². The van der Waals surface area contributed by atoms with Crippen LogP contribution in [0.4, 0.5) is 0 Å². The Bertz CT molecular complexity index is 1250. The summed E-state index contributed by atoms with van der Waals surface area (Å²) < 4.78 is 19.5. The van der Waals surface area contributed by atoms with Gasteiger partial charge in [0.25, 0.3) is 0 Å². The molecule has 0 saturated carbocycles. The van der Waals surface area contributed by atoms with Gasteiger partial charge in [-0.05, 0) is 54.5 Å². The maximum atomic E-state index is 6.01. The maximum absolute atomic E-state index is 6.01. The van der Waals surface area contributed by atoms with E-state index in [9.17, 15) is 0 Å². The highest BCUT2D eigenvalue weighted by molar-refractivity contribution is 7.71. The number of hydrogen-bond acceptors (Lipinski definition) is 6. The molecule has 0 aliphatic rings. The zero-order valence-corrected chi connectivity index (χ0v) is 19.4. The van der Waals surface area contributed by atoms with Crippen LogP contribution in [0.15, 0.2) is 72.8 Å². The van der Waals surface area contributed by atoms with Crippen molar-refractivity contribution in [1.29, 1.82) is 0 Å². The first kappa shape index (κ1) is 22.4. The van der Waals surface area contributed by atoms with Crippen LogP contribution in [0.3, 0.4) is 0 Å². The van der Waals surface area contributed by atoms with Gasteiger partial charge in [-0.25, -0.2) is 9.77 Å². The summed E-state index contributed by atoms with van der Waals surface area (Å²) in [7, 11) is 1.63. The number of ether oxygens (including phenoxy) is 3. The van der Waals surface area contributed by atoms with E-state index in [0.29, 0.717) is 47.6 Å². The van der Waals surface area contributed by atoms with E-state index in [-0.39, 0.29) is 0 Å². The van der Waals surface area contributed by atoms with Crippen molar-refractivity contribution in [3.63, 3.8) is 0 Å². The average molecular weight is 463 g/mol. The summed E-state index contributed by atoms with van der Waals surface area (Å²) in [5.41, 5.74) is 6.29. The molecule has 0 unspecified atom stereocenters. The monoisotopic (exact) mass is 462 g/mol. The molecule has 1 aromatic heterocycles. The number of rotatable bonds is 10. The van der Waals surface area contributed by atoms with Gasteiger partial charge in [-0.15, -0.1) is 0 Å². The van der Waals surface area contributed by atoms with E-state index in [1.54, 1.807) is 11.8 Å². The Kier molecular flexibility index (Phi) is 7.26. The lowest BCUT2D eigenvalue weighted by Gasteiger charge is -2.15. The molecule has 0 aliphatic carbocycles. The minimum atomic E-state index is 0.462. The summed E-state index contributed by atoms with van der Waals surface area (Å²) in [6.07, 6.45) is 0. The number of aromatic amines is 1. The number of nitrogens with zero attached hydrogens (tertiary/aromatic N) is 2. The van der Waals surface area contributed by atoms with Gasteiger partial charge in [-0.3, -0.25) is 0 Å². The van der Waals surface area contributed by atoms with Crippen LogP contribution in [0, 0.1) is 4.77 Å². The number of H-pyrrole nitrogens is 1. The predicted molar refractivity (Wildman–Crippen MR) is 131 cm³/mol. The number of benzene rings is 3. The first-order chi connectivity index (χ1) is 16.2. The highest BCUT2D eigenvalue weighted by Gasteiger charge is 2.14. The van der Waals surface area contributed by atoms with Crippen molar-refractivity contribution in [1.82, 2.24) is 14.9 Å². The highest BCUT2D eigenvalue weighted by atomic mass is 32.1. The molecule has 4 aromatic rings. The number of aromatic nitrogens is 3. The molecule has 4 rings (SSSR count). The number of hydrogen-bond donors (Lipinski definition) is 2. The fourth-order valence-electron chi connectivity index (χ4n) is 3.41. The summed E-state index contributed by atoms with van der Waals surface area (Å²) in [6.45, 7) is 3.49. The fourth-order valence-corrected chi connectivity index (χ4v) is 3.61. The molecule has 0 aliphatic heterocycles. The third-order valence-electron chi connectivity index (χ3n) is 5.01. The Balaban J connectivity index is 1.51. The van der Waals surface area contributed by atoms with Crippen LogP contribution in [-0.2, 0) is 13.2 Å². The highest BCUT2D eigenvalue weighted by Crippen LogP contribution is 2.30. The smallest absolute Gasteiger partial charge is 0.214 e. The number of nitrogens with one attached hydrogen (secondary N) is 2. The SMILES string of the molecule is CCOc1cc(CNn2c(-c3ccccc3OC)n[nH]c2=S)ccc1OCc1ccccc1. The van der Waals surface area contributed by atoms with Crippen molar-refractivity contribution in [2.24, 2.45) is 0 Å². The van der Waals surface area contributed by atoms with Crippen LogP contribution in [0.5, 0.6) is 17.2 Å². The van der Waals surface area contributed by atoms with Crippen molar-refractivity contribution in [2.45, 2.75) is 20.1 Å². The van der Waals surface area contributed by atoms with Crippen molar-refractivity contribution in [2.75, 3.05) is 19.1 Å². The Morgan fingerprint density at radius 1 is 0.909 bits per heavy atom. The summed E-state index contributed by atoms with van der Waals surface area (Å²) in [5, 5.41) is 7.23. The van der Waals surface area contributed by atoms with Crippen LogP contribution in [0.2, 0.25) is 0 Å². The normalized spacial score (nSPS) is 10.6. The third-order valence-corrected chi connectivity index (χ3v) is 5.28. The maximum Gasteiger partial charge on any atom is 0.214 e. The van der Waals surface area contributed by atoms with Gasteiger partial charge in [0.1, 0.15) is 12.4 Å². The second-order valence-electron chi connectivity index (χ2n) is 7.21. The van der Waals surface area contributed by atoms with Crippen LogP contribution in [0.1, 0.15) is 18.1 Å². The molecule has 0 amide bonds. The predicted octanol–water partition coefficient (Wildman–Crippen LogP) is 5.34. The summed E-state index contributed by atoms with van der Waals surface area (Å²) in [5.74, 6) is 2.77. The van der Waals surface area contributed by atoms with Crippen LogP contribution in [0.25, 0.3) is 11.4 Å². The van der Waals surface area contributed by atoms with Gasteiger partial charge in [0.05, 0.1) is 25.8 Å². The molecule has 0 bridgehead atoms. The van der Waals surface area contributed by atoms with Crippen molar-refractivity contribution in [3.05, 3.63) is 88.7 Å². The first-order valence-electron chi connectivity index (χ1n) is 10.7. The lowest BCUT2D eigenvalue weighted by atomic mass is 10.2. The van der Waals surface area contributed by atoms with Crippen molar-refractivity contribution < 1.29 is 14.2 Å². The van der Waals surface area contributed by atoms with E-state index < -0.39 is 0 Å². The minimum absolute atomic E-state index is 0.462. The van der Waals surface area contributed by atoms with Gasteiger partial charge in [-0.1, -0.05) is 48.5 Å². The summed E-state index contributed by atoms with van der Waals surface area (Å²) in [6, 6.07) is 23.6. The van der Waals surface area contributed by atoms with Crippen molar-refractivity contribution >= 4 is 12.2 Å². The molecule has 7 nitrogen and oxygen atoms in total. The molecular formula is C25H26N4O3S. The number of methoxy groups -OCH3 is 1. The van der Waals surface area contributed by atoms with E-state index >= 15 is 0 Å². The summed E-state index contributed by atoms with van der Waals surface area (Å²) >= 11 is 5.43. The molecule has 170 valence electrons. The molecule has 8 heteroatoms. The topological polar surface area (TPSA) is 73.3 Å². The Hall–Kier alpha value is -3.78. The lowest BCUT2D eigenvalue weighted by molar-refractivity contribution is 0.269. The van der Waals surface area contributed by atoms with Gasteiger partial charge >= 0.3 is 0 Å². The Morgan fingerprint density at radius 3 is 2.48 bits per heavy atom. The molecular weight excluding hydrogens is 436 g/mol. The second-order valence-corrected chi connectivity index (χ2v) is 7.60. The molecule has 1 heterocycles. The van der Waals surface area contributed by atoms with Gasteiger partial charge in [0, 0.05) is 0 Å². The summed E-state index contributed by atoms with van der Waals surface area (Å²) in [4.78, 5) is 0. The van der Waals surface area contributed by atoms with Gasteiger partial charge in [0.15, 0.2) is 17.3 Å². The van der Waals surface area contributed by atoms with Gasteiger partial charge < -0.3 is 19.6 Å². The van der Waals surface area contributed by atoms with Crippen LogP contribution < -0.4 is 19.6 Å². The largest absolute Gasteiger partial charge is 0.496 e. The van der Waals surface area contributed by atoms with Gasteiger partial charge in [0.2, 0.25) is 4.77 Å². The molecule has 2 N–H and O–H groups in total.